The summed E-state index contributed by atoms with van der Waals surface area (Å²) in [4.78, 5) is 1.46. The number of methoxy groups -OCH3 is 1. The molecule has 7 heteroatoms. The second kappa shape index (κ2) is 7.00. The topological polar surface area (TPSA) is 58.6 Å². The minimum Gasteiger partial charge on any atom is -0.384 e. The van der Waals surface area contributed by atoms with Crippen LogP contribution >= 0.6 is 11.3 Å². The van der Waals surface area contributed by atoms with Crippen LogP contribution in [0.3, 0.4) is 0 Å². The summed E-state index contributed by atoms with van der Waals surface area (Å²) in [6.45, 7) is 2.50. The number of ether oxygens (including phenoxy) is 1. The standard InChI is InChI=1S/C13H22N2O3S2/c1-14-7-12-6-13(10-19-12)20(16,17)15-5-3-4-11(8-15)9-18-2/h6,10-11,14H,3-5,7-9H2,1-2H3. The average Bonchev–Trinajstić information content (AvgIpc) is 2.89. The van der Waals surface area contributed by atoms with Crippen molar-refractivity contribution in [3.8, 4) is 0 Å². The van der Waals surface area contributed by atoms with Gasteiger partial charge in [0.25, 0.3) is 0 Å². The SMILES string of the molecule is CNCc1cc(S(=O)(=O)N2CCCC(COC)C2)cs1. The number of nitrogens with one attached hydrogen (secondary N) is 1. The van der Waals surface area contributed by atoms with E-state index in [1.807, 2.05) is 7.05 Å². The quantitative estimate of drug-likeness (QED) is 0.864. The third-order valence-corrected chi connectivity index (χ3v) is 6.43. The van der Waals surface area contributed by atoms with E-state index in [9.17, 15) is 8.42 Å². The zero-order valence-corrected chi connectivity index (χ0v) is 13.6. The summed E-state index contributed by atoms with van der Waals surface area (Å²) in [5.41, 5.74) is 0. The molecule has 1 atom stereocenters. The van der Waals surface area contributed by atoms with Crippen molar-refractivity contribution in [2.45, 2.75) is 24.3 Å². The molecule has 0 radical (unpaired) electrons. The van der Waals surface area contributed by atoms with Crippen LogP contribution in [0.1, 0.15) is 17.7 Å². The molecule has 0 amide bonds. The van der Waals surface area contributed by atoms with Crippen molar-refractivity contribution < 1.29 is 13.2 Å². The Labute approximate surface area is 125 Å². The Hall–Kier alpha value is -0.470. The van der Waals surface area contributed by atoms with Crippen molar-refractivity contribution >= 4 is 21.4 Å². The zero-order chi connectivity index (χ0) is 14.6. The molecule has 1 aliphatic heterocycles. The number of nitrogens with zero attached hydrogens (tertiary/aromatic N) is 1. The zero-order valence-electron chi connectivity index (χ0n) is 12.0. The molecule has 114 valence electrons. The molecule has 1 aromatic rings. The fraction of sp³-hybridized carbons (Fsp3) is 0.692. The van der Waals surface area contributed by atoms with Crippen LogP contribution in [0.25, 0.3) is 0 Å². The summed E-state index contributed by atoms with van der Waals surface area (Å²) in [7, 11) is 0.168. The van der Waals surface area contributed by atoms with E-state index in [0.717, 1.165) is 17.7 Å². The number of piperidine rings is 1. The molecule has 0 aliphatic carbocycles. The second-order valence-electron chi connectivity index (χ2n) is 5.11. The first-order chi connectivity index (χ1) is 9.57. The Kier molecular flexibility index (Phi) is 5.57. The van der Waals surface area contributed by atoms with E-state index in [-0.39, 0.29) is 0 Å². The van der Waals surface area contributed by atoms with Crippen LogP contribution in [0.15, 0.2) is 16.3 Å². The van der Waals surface area contributed by atoms with E-state index >= 15 is 0 Å². The van der Waals surface area contributed by atoms with Crippen molar-refractivity contribution in [2.24, 2.45) is 5.92 Å². The lowest BCUT2D eigenvalue weighted by molar-refractivity contribution is 0.118. The molecule has 1 saturated heterocycles. The van der Waals surface area contributed by atoms with Crippen molar-refractivity contribution in [2.75, 3.05) is 33.9 Å². The molecule has 1 aromatic heterocycles. The van der Waals surface area contributed by atoms with Crippen LogP contribution < -0.4 is 5.32 Å². The number of hydrogen-bond donors (Lipinski definition) is 1. The maximum Gasteiger partial charge on any atom is 0.243 e. The Morgan fingerprint density at radius 3 is 3.05 bits per heavy atom. The molecule has 0 saturated carbocycles. The summed E-state index contributed by atoms with van der Waals surface area (Å²) in [5, 5.41) is 4.78. The minimum atomic E-state index is -3.35. The van der Waals surface area contributed by atoms with Gasteiger partial charge in [0.15, 0.2) is 0 Å². The van der Waals surface area contributed by atoms with Gasteiger partial charge in [-0.05, 0) is 31.9 Å². The molecular formula is C13H22N2O3S2. The average molecular weight is 318 g/mol. The maximum absolute atomic E-state index is 12.6. The lowest BCUT2D eigenvalue weighted by Crippen LogP contribution is -2.40. The Bertz CT molecular complexity index is 525. The normalized spacial score (nSPS) is 21.2. The summed E-state index contributed by atoms with van der Waals surface area (Å²) in [6, 6.07) is 1.77. The highest BCUT2D eigenvalue weighted by Gasteiger charge is 2.30. The monoisotopic (exact) mass is 318 g/mol. The van der Waals surface area contributed by atoms with E-state index in [0.29, 0.717) is 37.1 Å². The van der Waals surface area contributed by atoms with Gasteiger partial charge in [0, 0.05) is 37.0 Å². The van der Waals surface area contributed by atoms with Gasteiger partial charge in [0.05, 0.1) is 11.5 Å². The molecular weight excluding hydrogens is 296 g/mol. The molecule has 20 heavy (non-hydrogen) atoms. The molecule has 5 nitrogen and oxygen atoms in total. The maximum atomic E-state index is 12.6. The van der Waals surface area contributed by atoms with Gasteiger partial charge in [-0.2, -0.15) is 4.31 Å². The first-order valence-electron chi connectivity index (χ1n) is 6.79. The van der Waals surface area contributed by atoms with Gasteiger partial charge >= 0.3 is 0 Å². The van der Waals surface area contributed by atoms with Gasteiger partial charge in [-0.1, -0.05) is 0 Å². The van der Waals surface area contributed by atoms with E-state index in [2.05, 4.69) is 5.32 Å². The molecule has 1 aliphatic rings. The Balaban J connectivity index is 2.12. The van der Waals surface area contributed by atoms with Gasteiger partial charge in [-0.15, -0.1) is 11.3 Å². The van der Waals surface area contributed by atoms with Crippen molar-refractivity contribution in [1.29, 1.82) is 0 Å². The Morgan fingerprint density at radius 1 is 1.55 bits per heavy atom. The van der Waals surface area contributed by atoms with Crippen molar-refractivity contribution in [1.82, 2.24) is 9.62 Å². The summed E-state index contributed by atoms with van der Waals surface area (Å²) in [5.74, 6) is 0.305. The molecule has 2 heterocycles. The van der Waals surface area contributed by atoms with Gasteiger partial charge in [0.1, 0.15) is 0 Å². The number of hydrogen-bond acceptors (Lipinski definition) is 5. The smallest absolute Gasteiger partial charge is 0.243 e. The van der Waals surface area contributed by atoms with Gasteiger partial charge in [-0.3, -0.25) is 0 Å². The minimum absolute atomic E-state index is 0.305. The molecule has 1 N–H and O–H groups in total. The predicted molar refractivity (Wildman–Crippen MR) is 80.4 cm³/mol. The van der Waals surface area contributed by atoms with Crippen molar-refractivity contribution in [3.05, 3.63) is 16.3 Å². The largest absolute Gasteiger partial charge is 0.384 e. The van der Waals surface area contributed by atoms with E-state index < -0.39 is 10.0 Å². The van der Waals surface area contributed by atoms with Crippen LogP contribution in [-0.2, 0) is 21.3 Å². The molecule has 0 spiro atoms. The summed E-state index contributed by atoms with van der Waals surface area (Å²) in [6.07, 6.45) is 1.94. The first-order valence-corrected chi connectivity index (χ1v) is 9.11. The van der Waals surface area contributed by atoms with Gasteiger partial charge < -0.3 is 10.1 Å². The lowest BCUT2D eigenvalue weighted by Gasteiger charge is -2.31. The number of thiophene rings is 1. The highest BCUT2D eigenvalue weighted by atomic mass is 32.2. The summed E-state index contributed by atoms with van der Waals surface area (Å²) >= 11 is 1.48. The number of sulfonamides is 1. The van der Waals surface area contributed by atoms with Crippen LogP contribution in [0.5, 0.6) is 0 Å². The Morgan fingerprint density at radius 2 is 2.35 bits per heavy atom. The highest BCUT2D eigenvalue weighted by molar-refractivity contribution is 7.89. The van der Waals surface area contributed by atoms with Crippen LogP contribution in [0.4, 0.5) is 0 Å². The first kappa shape index (κ1) is 15.9. The summed E-state index contributed by atoms with van der Waals surface area (Å²) < 4.78 is 32.0. The number of rotatable bonds is 6. The van der Waals surface area contributed by atoms with E-state index in [4.69, 9.17) is 4.74 Å². The van der Waals surface area contributed by atoms with Crippen LogP contribution in [0.2, 0.25) is 0 Å². The third-order valence-electron chi connectivity index (χ3n) is 3.50. The fourth-order valence-corrected chi connectivity index (χ4v) is 5.36. The molecule has 1 fully saturated rings. The second-order valence-corrected chi connectivity index (χ2v) is 8.04. The van der Waals surface area contributed by atoms with Gasteiger partial charge in [-0.25, -0.2) is 8.42 Å². The highest BCUT2D eigenvalue weighted by Crippen LogP contribution is 2.27. The van der Waals surface area contributed by atoms with E-state index in [1.54, 1.807) is 22.9 Å². The molecule has 0 bridgehead atoms. The van der Waals surface area contributed by atoms with E-state index in [1.165, 1.54) is 11.3 Å². The van der Waals surface area contributed by atoms with Crippen LogP contribution in [-0.4, -0.2) is 46.6 Å². The van der Waals surface area contributed by atoms with Gasteiger partial charge in [0.2, 0.25) is 10.0 Å². The lowest BCUT2D eigenvalue weighted by atomic mass is 10.0. The predicted octanol–water partition coefficient (Wildman–Crippen LogP) is 1.51. The van der Waals surface area contributed by atoms with Crippen LogP contribution in [0, 0.1) is 5.92 Å². The molecule has 0 aromatic carbocycles. The fourth-order valence-electron chi connectivity index (χ4n) is 2.53. The third kappa shape index (κ3) is 3.59. The molecule has 1 unspecified atom stereocenters. The molecule has 2 rings (SSSR count). The van der Waals surface area contributed by atoms with Crippen molar-refractivity contribution in [3.63, 3.8) is 0 Å².